The van der Waals surface area contributed by atoms with E-state index in [4.69, 9.17) is 0 Å². The summed E-state index contributed by atoms with van der Waals surface area (Å²) >= 11 is 0. The summed E-state index contributed by atoms with van der Waals surface area (Å²) in [5.74, 6) is -0.300. The highest BCUT2D eigenvalue weighted by atomic mass is 19.1. The van der Waals surface area contributed by atoms with Gasteiger partial charge in [-0.15, -0.1) is 0 Å². The van der Waals surface area contributed by atoms with Gasteiger partial charge in [0.15, 0.2) is 0 Å². The van der Waals surface area contributed by atoms with Crippen LogP contribution in [0, 0.1) is 17.1 Å². The maximum absolute atomic E-state index is 13.5. The number of aliphatic hydroxyl groups excluding tert-OH is 1. The molecule has 0 aliphatic carbocycles. The standard InChI is InChI=1S/C17H23FN2O/c1-13(21)9-17-5-3-2-4-8-20(17)12-15-10-16(18)7-6-14(15)11-19/h6-7,10,13,17,21H,2-5,8-9,12H2,1H3. The van der Waals surface area contributed by atoms with Crippen molar-refractivity contribution in [1.29, 1.82) is 5.26 Å². The first-order valence-corrected chi connectivity index (χ1v) is 7.71. The molecule has 1 saturated heterocycles. The molecule has 1 aliphatic rings. The van der Waals surface area contributed by atoms with E-state index < -0.39 is 0 Å². The molecule has 0 radical (unpaired) electrons. The van der Waals surface area contributed by atoms with E-state index in [0.717, 1.165) is 31.4 Å². The van der Waals surface area contributed by atoms with Crippen molar-refractivity contribution in [1.82, 2.24) is 4.90 Å². The minimum absolute atomic E-state index is 0.300. The Hall–Kier alpha value is -1.44. The fourth-order valence-corrected chi connectivity index (χ4v) is 3.13. The molecule has 0 bridgehead atoms. The Morgan fingerprint density at radius 2 is 2.24 bits per heavy atom. The summed E-state index contributed by atoms with van der Waals surface area (Å²) in [6.07, 6.45) is 4.94. The summed E-state index contributed by atoms with van der Waals surface area (Å²) in [6, 6.07) is 6.79. The van der Waals surface area contributed by atoms with Crippen molar-refractivity contribution in [3.05, 3.63) is 35.1 Å². The van der Waals surface area contributed by atoms with E-state index in [9.17, 15) is 14.8 Å². The quantitative estimate of drug-likeness (QED) is 0.926. The molecule has 114 valence electrons. The average Bonchev–Trinajstić information content (AvgIpc) is 2.64. The SMILES string of the molecule is CC(O)CC1CCCCCN1Cc1cc(F)ccc1C#N. The molecule has 21 heavy (non-hydrogen) atoms. The van der Waals surface area contributed by atoms with Crippen molar-refractivity contribution < 1.29 is 9.50 Å². The van der Waals surface area contributed by atoms with Crippen LogP contribution < -0.4 is 0 Å². The molecule has 4 heteroatoms. The van der Waals surface area contributed by atoms with E-state index in [0.29, 0.717) is 18.2 Å². The number of halogens is 1. The van der Waals surface area contributed by atoms with E-state index in [2.05, 4.69) is 11.0 Å². The molecular weight excluding hydrogens is 267 g/mol. The molecule has 0 saturated carbocycles. The van der Waals surface area contributed by atoms with Crippen LogP contribution in [0.1, 0.15) is 50.2 Å². The van der Waals surface area contributed by atoms with Gasteiger partial charge in [-0.1, -0.05) is 12.8 Å². The van der Waals surface area contributed by atoms with Gasteiger partial charge in [0.25, 0.3) is 0 Å². The molecule has 0 amide bonds. The lowest BCUT2D eigenvalue weighted by Crippen LogP contribution is -2.36. The van der Waals surface area contributed by atoms with Crippen molar-refractivity contribution in [3.8, 4) is 6.07 Å². The van der Waals surface area contributed by atoms with Gasteiger partial charge >= 0.3 is 0 Å². The highest BCUT2D eigenvalue weighted by Crippen LogP contribution is 2.24. The zero-order chi connectivity index (χ0) is 15.2. The van der Waals surface area contributed by atoms with Crippen LogP contribution in [0.25, 0.3) is 0 Å². The Morgan fingerprint density at radius 3 is 2.95 bits per heavy atom. The van der Waals surface area contributed by atoms with Crippen LogP contribution in [0.2, 0.25) is 0 Å². The van der Waals surface area contributed by atoms with Gasteiger partial charge in [0.1, 0.15) is 5.82 Å². The molecular formula is C17H23FN2O. The molecule has 0 spiro atoms. The second kappa shape index (κ2) is 7.53. The third-order valence-electron chi connectivity index (χ3n) is 4.17. The number of hydrogen-bond acceptors (Lipinski definition) is 3. The second-order valence-electron chi connectivity index (χ2n) is 5.97. The summed E-state index contributed by atoms with van der Waals surface area (Å²) in [5.41, 5.74) is 1.28. The van der Waals surface area contributed by atoms with E-state index in [1.54, 1.807) is 6.07 Å². The zero-order valence-corrected chi connectivity index (χ0v) is 12.6. The molecule has 1 aromatic rings. The van der Waals surface area contributed by atoms with Gasteiger partial charge < -0.3 is 5.11 Å². The number of rotatable bonds is 4. The maximum atomic E-state index is 13.5. The van der Waals surface area contributed by atoms with Crippen LogP contribution in [0.5, 0.6) is 0 Å². The molecule has 1 N–H and O–H groups in total. The van der Waals surface area contributed by atoms with Crippen LogP contribution in [-0.4, -0.2) is 28.7 Å². The molecule has 0 aromatic heterocycles. The molecule has 1 aromatic carbocycles. The van der Waals surface area contributed by atoms with Crippen molar-refractivity contribution in [3.63, 3.8) is 0 Å². The van der Waals surface area contributed by atoms with Crippen LogP contribution in [0.3, 0.4) is 0 Å². The van der Waals surface area contributed by atoms with Gasteiger partial charge in [0.2, 0.25) is 0 Å². The van der Waals surface area contributed by atoms with Gasteiger partial charge in [-0.05, 0) is 56.5 Å². The van der Waals surface area contributed by atoms with Crippen molar-refractivity contribution in [2.24, 2.45) is 0 Å². The number of hydrogen-bond donors (Lipinski definition) is 1. The van der Waals surface area contributed by atoms with E-state index >= 15 is 0 Å². The van der Waals surface area contributed by atoms with Gasteiger partial charge in [-0.25, -0.2) is 4.39 Å². The number of likely N-dealkylation sites (tertiary alicyclic amines) is 1. The third-order valence-corrected chi connectivity index (χ3v) is 4.17. The molecule has 2 unspecified atom stereocenters. The van der Waals surface area contributed by atoms with Crippen molar-refractivity contribution >= 4 is 0 Å². The minimum atomic E-state index is -0.335. The normalized spacial score (nSPS) is 21.5. The van der Waals surface area contributed by atoms with Gasteiger partial charge in [0, 0.05) is 12.6 Å². The Kier molecular flexibility index (Phi) is 5.72. The zero-order valence-electron chi connectivity index (χ0n) is 12.6. The van der Waals surface area contributed by atoms with Crippen LogP contribution in [0.15, 0.2) is 18.2 Å². The summed E-state index contributed by atoms with van der Waals surface area (Å²) in [7, 11) is 0. The second-order valence-corrected chi connectivity index (χ2v) is 5.97. The Labute approximate surface area is 126 Å². The highest BCUT2D eigenvalue weighted by molar-refractivity contribution is 5.37. The molecule has 1 fully saturated rings. The molecule has 2 atom stereocenters. The lowest BCUT2D eigenvalue weighted by molar-refractivity contribution is 0.108. The topological polar surface area (TPSA) is 47.3 Å². The van der Waals surface area contributed by atoms with E-state index in [-0.39, 0.29) is 11.9 Å². The molecule has 1 heterocycles. The largest absolute Gasteiger partial charge is 0.393 e. The first-order chi connectivity index (χ1) is 10.1. The maximum Gasteiger partial charge on any atom is 0.123 e. The first-order valence-electron chi connectivity index (χ1n) is 7.71. The Balaban J connectivity index is 2.18. The molecule has 3 nitrogen and oxygen atoms in total. The lowest BCUT2D eigenvalue weighted by Gasteiger charge is -2.31. The van der Waals surface area contributed by atoms with E-state index in [1.165, 1.54) is 25.0 Å². The smallest absolute Gasteiger partial charge is 0.123 e. The van der Waals surface area contributed by atoms with E-state index in [1.807, 2.05) is 6.92 Å². The van der Waals surface area contributed by atoms with Crippen molar-refractivity contribution in [2.45, 2.75) is 57.7 Å². The predicted octanol–water partition coefficient (Wildman–Crippen LogP) is 3.21. The summed E-state index contributed by atoms with van der Waals surface area (Å²) < 4.78 is 13.5. The third kappa shape index (κ3) is 4.52. The molecule has 1 aliphatic heterocycles. The fourth-order valence-electron chi connectivity index (χ4n) is 3.13. The molecule has 2 rings (SSSR count). The van der Waals surface area contributed by atoms with Crippen LogP contribution >= 0.6 is 0 Å². The summed E-state index contributed by atoms with van der Waals surface area (Å²) in [5, 5.41) is 18.9. The Bertz CT molecular complexity index is 510. The minimum Gasteiger partial charge on any atom is -0.393 e. The average molecular weight is 290 g/mol. The lowest BCUT2D eigenvalue weighted by atomic mass is 10.0. The summed E-state index contributed by atoms with van der Waals surface area (Å²) in [6.45, 7) is 3.34. The number of benzene rings is 1. The van der Waals surface area contributed by atoms with Crippen molar-refractivity contribution in [2.75, 3.05) is 6.54 Å². The number of nitrogens with zero attached hydrogens (tertiary/aromatic N) is 2. The number of nitriles is 1. The van der Waals surface area contributed by atoms with Gasteiger partial charge in [0.05, 0.1) is 17.7 Å². The van der Waals surface area contributed by atoms with Gasteiger partial charge in [-0.3, -0.25) is 4.90 Å². The van der Waals surface area contributed by atoms with Gasteiger partial charge in [-0.2, -0.15) is 5.26 Å². The van der Waals surface area contributed by atoms with Crippen LogP contribution in [-0.2, 0) is 6.54 Å². The summed E-state index contributed by atoms with van der Waals surface area (Å²) in [4.78, 5) is 2.30. The monoisotopic (exact) mass is 290 g/mol. The highest BCUT2D eigenvalue weighted by Gasteiger charge is 2.23. The van der Waals surface area contributed by atoms with Crippen LogP contribution in [0.4, 0.5) is 4.39 Å². The fraction of sp³-hybridized carbons (Fsp3) is 0.588. The number of aliphatic hydroxyl groups is 1. The Morgan fingerprint density at radius 1 is 1.43 bits per heavy atom. The first kappa shape index (κ1) is 15.9. The predicted molar refractivity (Wildman–Crippen MR) is 80.1 cm³/mol.